The van der Waals surface area contributed by atoms with E-state index >= 15 is 0 Å². The minimum Gasteiger partial charge on any atom is -0.399 e. The van der Waals surface area contributed by atoms with E-state index < -0.39 is 0 Å². The first-order valence-corrected chi connectivity index (χ1v) is 8.26. The Morgan fingerprint density at radius 2 is 1.82 bits per heavy atom. The van der Waals surface area contributed by atoms with Crippen molar-refractivity contribution >= 4 is 44.5 Å². The Hall–Kier alpha value is -2.11. The molecular formula is C17H13BrN2OS. The maximum absolute atomic E-state index is 12.4. The Labute approximate surface area is 140 Å². The summed E-state index contributed by atoms with van der Waals surface area (Å²) in [5.74, 6) is -0.140. The van der Waals surface area contributed by atoms with Crippen molar-refractivity contribution < 1.29 is 4.79 Å². The average Bonchev–Trinajstić information content (AvgIpc) is 2.90. The second kappa shape index (κ2) is 6.34. The van der Waals surface area contributed by atoms with E-state index in [1.54, 1.807) is 12.1 Å². The van der Waals surface area contributed by atoms with Gasteiger partial charge in [0, 0.05) is 16.9 Å². The number of nitrogens with two attached hydrogens (primary N) is 1. The third-order valence-corrected chi connectivity index (χ3v) is 4.97. The number of carbonyl (C=O) groups excluding carboxylic acids is 1. The summed E-state index contributed by atoms with van der Waals surface area (Å²) in [6.45, 7) is 0. The van der Waals surface area contributed by atoms with Crippen LogP contribution >= 0.6 is 27.3 Å². The summed E-state index contributed by atoms with van der Waals surface area (Å²) in [6, 6.07) is 19.0. The highest BCUT2D eigenvalue weighted by atomic mass is 79.9. The Bertz CT molecular complexity index is 815. The Kier molecular flexibility index (Phi) is 4.27. The molecule has 0 spiro atoms. The highest BCUT2D eigenvalue weighted by Gasteiger charge is 2.14. The number of nitrogens with one attached hydrogen (secondary N) is 1. The van der Waals surface area contributed by atoms with Gasteiger partial charge in [-0.2, -0.15) is 0 Å². The van der Waals surface area contributed by atoms with Gasteiger partial charge in [0.2, 0.25) is 0 Å². The van der Waals surface area contributed by atoms with Crippen LogP contribution < -0.4 is 11.1 Å². The number of nitrogen functional groups attached to an aromatic ring is 1. The van der Waals surface area contributed by atoms with Crippen molar-refractivity contribution in [1.82, 2.24) is 0 Å². The fourth-order valence-corrected chi connectivity index (χ4v) is 3.77. The van der Waals surface area contributed by atoms with E-state index in [-0.39, 0.29) is 5.91 Å². The minimum absolute atomic E-state index is 0.140. The van der Waals surface area contributed by atoms with Crippen molar-refractivity contribution in [2.75, 3.05) is 11.1 Å². The van der Waals surface area contributed by atoms with Gasteiger partial charge in [-0.25, -0.2) is 0 Å². The van der Waals surface area contributed by atoms with Crippen LogP contribution in [-0.2, 0) is 0 Å². The van der Waals surface area contributed by atoms with E-state index in [0.717, 1.165) is 14.9 Å². The van der Waals surface area contributed by atoms with Crippen LogP contribution in [0.5, 0.6) is 0 Å². The number of amides is 1. The lowest BCUT2D eigenvalue weighted by atomic mass is 10.1. The zero-order chi connectivity index (χ0) is 15.5. The molecule has 3 N–H and O–H groups in total. The first-order valence-electron chi connectivity index (χ1n) is 6.65. The van der Waals surface area contributed by atoms with Gasteiger partial charge in [0.1, 0.15) is 0 Å². The number of halogens is 1. The van der Waals surface area contributed by atoms with E-state index in [0.29, 0.717) is 16.3 Å². The van der Waals surface area contributed by atoms with Crippen LogP contribution in [0.2, 0.25) is 0 Å². The SMILES string of the molecule is Nc1cccc(NC(=O)c2cc(-c3ccccc3)c(Br)s2)c1. The minimum atomic E-state index is -0.140. The molecule has 3 rings (SSSR count). The number of benzene rings is 2. The maximum Gasteiger partial charge on any atom is 0.265 e. The van der Waals surface area contributed by atoms with Crippen LogP contribution in [0.25, 0.3) is 11.1 Å². The summed E-state index contributed by atoms with van der Waals surface area (Å²) in [7, 11) is 0. The molecule has 1 aromatic heterocycles. The van der Waals surface area contributed by atoms with E-state index in [4.69, 9.17) is 5.73 Å². The molecule has 0 atom stereocenters. The summed E-state index contributed by atoms with van der Waals surface area (Å²) in [5, 5.41) is 2.86. The van der Waals surface area contributed by atoms with Gasteiger partial charge in [-0.3, -0.25) is 4.79 Å². The number of thiophene rings is 1. The molecular weight excluding hydrogens is 360 g/mol. The average molecular weight is 373 g/mol. The lowest BCUT2D eigenvalue weighted by Gasteiger charge is -2.03. The molecule has 0 aliphatic carbocycles. The zero-order valence-corrected chi connectivity index (χ0v) is 13.9. The van der Waals surface area contributed by atoms with Gasteiger partial charge in [-0.1, -0.05) is 36.4 Å². The molecule has 0 saturated heterocycles. The molecule has 3 nitrogen and oxygen atoms in total. The van der Waals surface area contributed by atoms with Crippen molar-refractivity contribution in [2.45, 2.75) is 0 Å². The largest absolute Gasteiger partial charge is 0.399 e. The van der Waals surface area contributed by atoms with Crippen molar-refractivity contribution in [3.63, 3.8) is 0 Å². The normalized spacial score (nSPS) is 10.4. The van der Waals surface area contributed by atoms with E-state index in [9.17, 15) is 4.79 Å². The molecule has 0 aliphatic rings. The first kappa shape index (κ1) is 14.8. The molecule has 1 amide bonds. The maximum atomic E-state index is 12.4. The van der Waals surface area contributed by atoms with Crippen LogP contribution in [0.15, 0.2) is 64.5 Å². The van der Waals surface area contributed by atoms with Crippen LogP contribution in [0.1, 0.15) is 9.67 Å². The summed E-state index contributed by atoms with van der Waals surface area (Å²) < 4.78 is 0.941. The zero-order valence-electron chi connectivity index (χ0n) is 11.5. The van der Waals surface area contributed by atoms with Gasteiger partial charge < -0.3 is 11.1 Å². The van der Waals surface area contributed by atoms with Gasteiger partial charge in [0.15, 0.2) is 0 Å². The number of hydrogen-bond donors (Lipinski definition) is 2. The van der Waals surface area contributed by atoms with Gasteiger partial charge in [0.05, 0.1) is 8.66 Å². The third-order valence-electron chi connectivity index (χ3n) is 3.14. The van der Waals surface area contributed by atoms with Crippen molar-refractivity contribution in [1.29, 1.82) is 0 Å². The molecule has 0 bridgehead atoms. The van der Waals surface area contributed by atoms with Crippen molar-refractivity contribution in [2.24, 2.45) is 0 Å². The molecule has 22 heavy (non-hydrogen) atoms. The summed E-state index contributed by atoms with van der Waals surface area (Å²) in [6.07, 6.45) is 0. The molecule has 0 unspecified atom stereocenters. The molecule has 3 aromatic rings. The molecule has 110 valence electrons. The predicted molar refractivity (Wildman–Crippen MR) is 96.3 cm³/mol. The first-order chi connectivity index (χ1) is 10.6. The fourth-order valence-electron chi connectivity index (χ4n) is 2.10. The summed E-state index contributed by atoms with van der Waals surface area (Å²) >= 11 is 4.95. The van der Waals surface area contributed by atoms with Crippen molar-refractivity contribution in [3.8, 4) is 11.1 Å². The Morgan fingerprint density at radius 1 is 1.05 bits per heavy atom. The van der Waals surface area contributed by atoms with E-state index in [1.807, 2.05) is 48.5 Å². The fraction of sp³-hybridized carbons (Fsp3) is 0. The Morgan fingerprint density at radius 3 is 2.55 bits per heavy atom. The number of hydrogen-bond acceptors (Lipinski definition) is 3. The van der Waals surface area contributed by atoms with Gasteiger partial charge in [0.25, 0.3) is 5.91 Å². The van der Waals surface area contributed by atoms with E-state index in [1.165, 1.54) is 11.3 Å². The van der Waals surface area contributed by atoms with Crippen molar-refractivity contribution in [3.05, 3.63) is 69.3 Å². The van der Waals surface area contributed by atoms with E-state index in [2.05, 4.69) is 21.2 Å². The Balaban J connectivity index is 1.85. The highest BCUT2D eigenvalue weighted by Crippen LogP contribution is 2.36. The quantitative estimate of drug-likeness (QED) is 0.634. The lowest BCUT2D eigenvalue weighted by molar-refractivity contribution is 0.103. The molecule has 0 aliphatic heterocycles. The summed E-state index contributed by atoms with van der Waals surface area (Å²) in [4.78, 5) is 13.0. The summed E-state index contributed by atoms with van der Waals surface area (Å²) in [5.41, 5.74) is 9.13. The van der Waals surface area contributed by atoms with Gasteiger partial charge >= 0.3 is 0 Å². The molecule has 0 saturated carbocycles. The predicted octanol–water partition coefficient (Wildman–Crippen LogP) is 5.01. The monoisotopic (exact) mass is 372 g/mol. The molecule has 0 fully saturated rings. The molecule has 2 aromatic carbocycles. The number of carbonyl (C=O) groups is 1. The molecule has 0 radical (unpaired) electrons. The second-order valence-corrected chi connectivity index (χ2v) is 7.11. The smallest absolute Gasteiger partial charge is 0.265 e. The van der Waals surface area contributed by atoms with Gasteiger partial charge in [-0.15, -0.1) is 11.3 Å². The third kappa shape index (κ3) is 3.21. The van der Waals surface area contributed by atoms with Crippen LogP contribution in [0.3, 0.4) is 0 Å². The van der Waals surface area contributed by atoms with Gasteiger partial charge in [-0.05, 0) is 45.8 Å². The number of anilines is 2. The molecule has 1 heterocycles. The lowest BCUT2D eigenvalue weighted by Crippen LogP contribution is -2.10. The van der Waals surface area contributed by atoms with Crippen LogP contribution in [0, 0.1) is 0 Å². The second-order valence-electron chi connectivity index (χ2n) is 4.74. The standard InChI is InChI=1S/C17H13BrN2OS/c18-16-14(11-5-2-1-3-6-11)10-15(22-16)17(21)20-13-8-4-7-12(19)9-13/h1-10H,19H2,(H,20,21). The van der Waals surface area contributed by atoms with Crippen LogP contribution in [-0.4, -0.2) is 5.91 Å². The number of rotatable bonds is 3. The molecule has 5 heteroatoms. The van der Waals surface area contributed by atoms with Crippen LogP contribution in [0.4, 0.5) is 11.4 Å². The topological polar surface area (TPSA) is 55.1 Å². The highest BCUT2D eigenvalue weighted by molar-refractivity contribution is 9.11.